The Balaban J connectivity index is 1.54. The van der Waals surface area contributed by atoms with Gasteiger partial charge in [0.05, 0.1) is 0 Å². The van der Waals surface area contributed by atoms with Crippen LogP contribution in [0.2, 0.25) is 0 Å². The third-order valence-electron chi connectivity index (χ3n) is 5.01. The van der Waals surface area contributed by atoms with Gasteiger partial charge in [-0.15, -0.1) is 0 Å². The average Bonchev–Trinajstić information content (AvgIpc) is 2.98. The number of piperidine rings is 3. The number of fused-ring (bicyclic) bond motifs is 4. The van der Waals surface area contributed by atoms with Crippen LogP contribution in [0.4, 0.5) is 0 Å². The molecule has 2 aromatic heterocycles. The molecule has 3 fully saturated rings. The van der Waals surface area contributed by atoms with Gasteiger partial charge in [0.1, 0.15) is 11.8 Å². The zero-order chi connectivity index (χ0) is 15.1. The number of nitrogens with zero attached hydrogens (tertiary/aromatic N) is 3. The van der Waals surface area contributed by atoms with Crippen molar-refractivity contribution < 1.29 is 4.79 Å². The van der Waals surface area contributed by atoms with Gasteiger partial charge in [0.2, 0.25) is 0 Å². The van der Waals surface area contributed by atoms with Gasteiger partial charge in [-0.2, -0.15) is 5.26 Å². The van der Waals surface area contributed by atoms with E-state index in [1.807, 2.05) is 12.1 Å². The topological polar surface area (TPSA) is 60.5 Å². The fourth-order valence-electron chi connectivity index (χ4n) is 3.72. The highest BCUT2D eigenvalue weighted by Gasteiger charge is 2.34. The minimum absolute atomic E-state index is 0.0130. The molecule has 0 spiro atoms. The summed E-state index contributed by atoms with van der Waals surface area (Å²) in [6.07, 6.45) is 4.17. The lowest BCUT2D eigenvalue weighted by molar-refractivity contribution is 0.0620. The van der Waals surface area contributed by atoms with Crippen LogP contribution in [0.25, 0.3) is 5.52 Å². The third-order valence-corrected chi connectivity index (χ3v) is 5.01. The van der Waals surface area contributed by atoms with E-state index in [2.05, 4.69) is 16.3 Å². The molecule has 5 heteroatoms. The summed E-state index contributed by atoms with van der Waals surface area (Å²) in [7, 11) is 0. The third kappa shape index (κ3) is 2.16. The Morgan fingerprint density at radius 2 is 2.09 bits per heavy atom. The van der Waals surface area contributed by atoms with Gasteiger partial charge in [-0.3, -0.25) is 4.79 Å². The highest BCUT2D eigenvalue weighted by Crippen LogP contribution is 2.27. The van der Waals surface area contributed by atoms with E-state index in [9.17, 15) is 4.79 Å². The molecule has 0 aromatic carbocycles. The van der Waals surface area contributed by atoms with Crippen LogP contribution in [0, 0.1) is 17.2 Å². The van der Waals surface area contributed by atoms with Crippen molar-refractivity contribution in [3.05, 3.63) is 41.7 Å². The van der Waals surface area contributed by atoms with E-state index in [-0.39, 0.29) is 11.9 Å². The highest BCUT2D eigenvalue weighted by atomic mass is 16.1. The van der Waals surface area contributed by atoms with Gasteiger partial charge in [-0.05, 0) is 56.1 Å². The van der Waals surface area contributed by atoms with Crippen LogP contribution in [0.1, 0.15) is 28.9 Å². The first kappa shape index (κ1) is 13.4. The summed E-state index contributed by atoms with van der Waals surface area (Å²) in [6, 6.07) is 9.67. The number of amides is 1. The number of rotatable bonds is 2. The number of pyridine rings is 1. The molecule has 3 aliphatic heterocycles. The van der Waals surface area contributed by atoms with Gasteiger partial charge in [0.25, 0.3) is 5.91 Å². The van der Waals surface area contributed by atoms with Crippen molar-refractivity contribution in [1.82, 2.24) is 14.6 Å². The second kappa shape index (κ2) is 5.15. The molecule has 3 saturated heterocycles. The largest absolute Gasteiger partial charge is 0.348 e. The molecule has 0 aliphatic carbocycles. The molecule has 5 rings (SSSR count). The smallest absolute Gasteiger partial charge is 0.251 e. The predicted molar refractivity (Wildman–Crippen MR) is 82.5 cm³/mol. The van der Waals surface area contributed by atoms with Crippen LogP contribution in [-0.2, 0) is 0 Å². The molecule has 0 saturated carbocycles. The first-order valence-corrected chi connectivity index (χ1v) is 7.79. The molecular formula is C17H18N4O. The standard InChI is InChI=1S/C17H18N4O/c18-10-15-2-1-14-9-13(5-8-21(14)15)17(22)19-16-11-20-6-3-12(16)4-7-20/h1-2,5,8-9,12,16H,3-4,6-7,11H2,(H,19,22). The number of carbonyl (C=O) groups excluding carboxylic acids is 1. The van der Waals surface area contributed by atoms with E-state index in [0.29, 0.717) is 17.2 Å². The molecule has 2 aromatic rings. The van der Waals surface area contributed by atoms with E-state index >= 15 is 0 Å². The van der Waals surface area contributed by atoms with E-state index in [4.69, 9.17) is 5.26 Å². The van der Waals surface area contributed by atoms with Gasteiger partial charge < -0.3 is 14.6 Å². The maximum atomic E-state index is 12.5. The minimum Gasteiger partial charge on any atom is -0.348 e. The zero-order valence-electron chi connectivity index (χ0n) is 12.3. The Kier molecular flexibility index (Phi) is 3.12. The minimum atomic E-state index is -0.0130. The number of nitriles is 1. The maximum Gasteiger partial charge on any atom is 0.251 e. The van der Waals surface area contributed by atoms with E-state index in [1.165, 1.54) is 25.9 Å². The zero-order valence-corrected chi connectivity index (χ0v) is 12.3. The number of hydrogen-bond donors (Lipinski definition) is 1. The van der Waals surface area contributed by atoms with Crippen molar-refractivity contribution in [2.45, 2.75) is 18.9 Å². The Labute approximate surface area is 129 Å². The molecule has 22 heavy (non-hydrogen) atoms. The number of carbonyl (C=O) groups is 1. The van der Waals surface area contributed by atoms with E-state index in [0.717, 1.165) is 12.1 Å². The monoisotopic (exact) mass is 294 g/mol. The normalized spacial score (nSPS) is 26.8. The maximum absolute atomic E-state index is 12.5. The molecule has 2 bridgehead atoms. The van der Waals surface area contributed by atoms with Crippen LogP contribution in [0.15, 0.2) is 30.5 Å². The molecule has 5 nitrogen and oxygen atoms in total. The molecule has 1 N–H and O–H groups in total. The lowest BCUT2D eigenvalue weighted by atomic mass is 9.84. The first-order chi connectivity index (χ1) is 10.7. The number of nitrogens with one attached hydrogen (secondary N) is 1. The van der Waals surface area contributed by atoms with Crippen LogP contribution in [0.5, 0.6) is 0 Å². The highest BCUT2D eigenvalue weighted by molar-refractivity contribution is 5.95. The lowest BCUT2D eigenvalue weighted by Gasteiger charge is -2.44. The van der Waals surface area contributed by atoms with E-state index in [1.54, 1.807) is 22.7 Å². The van der Waals surface area contributed by atoms with Crippen LogP contribution in [-0.4, -0.2) is 40.9 Å². The van der Waals surface area contributed by atoms with Crippen LogP contribution < -0.4 is 5.32 Å². The molecule has 1 atom stereocenters. The molecular weight excluding hydrogens is 276 g/mol. The molecule has 1 unspecified atom stereocenters. The second-order valence-electron chi connectivity index (χ2n) is 6.26. The summed E-state index contributed by atoms with van der Waals surface area (Å²) in [5, 5.41) is 12.2. The summed E-state index contributed by atoms with van der Waals surface area (Å²) in [4.78, 5) is 14.9. The van der Waals surface area contributed by atoms with Crippen molar-refractivity contribution in [2.75, 3.05) is 19.6 Å². The van der Waals surface area contributed by atoms with E-state index < -0.39 is 0 Å². The van der Waals surface area contributed by atoms with Crippen LogP contribution >= 0.6 is 0 Å². The SMILES string of the molecule is N#Cc1ccc2cc(C(=O)NC3CN4CCC3CC4)ccn12. The Hall–Kier alpha value is -2.32. The summed E-state index contributed by atoms with van der Waals surface area (Å²) >= 11 is 0. The Bertz CT molecular complexity index is 765. The van der Waals surface area contributed by atoms with Crippen molar-refractivity contribution in [1.29, 1.82) is 5.26 Å². The molecule has 0 radical (unpaired) electrons. The fraction of sp³-hybridized carbons (Fsp3) is 0.412. The molecule has 5 heterocycles. The summed E-state index contributed by atoms with van der Waals surface area (Å²) in [5.41, 5.74) is 2.11. The average molecular weight is 294 g/mol. The Morgan fingerprint density at radius 1 is 1.27 bits per heavy atom. The summed E-state index contributed by atoms with van der Waals surface area (Å²) in [5.74, 6) is 0.608. The number of aromatic nitrogens is 1. The van der Waals surface area contributed by atoms with Gasteiger partial charge in [0.15, 0.2) is 0 Å². The van der Waals surface area contributed by atoms with Gasteiger partial charge >= 0.3 is 0 Å². The Morgan fingerprint density at radius 3 is 2.77 bits per heavy atom. The summed E-state index contributed by atoms with van der Waals surface area (Å²) < 4.78 is 1.80. The van der Waals surface area contributed by atoms with Gasteiger partial charge in [0, 0.05) is 29.9 Å². The van der Waals surface area contributed by atoms with Crippen LogP contribution in [0.3, 0.4) is 0 Å². The number of hydrogen-bond acceptors (Lipinski definition) is 3. The van der Waals surface area contributed by atoms with Crippen molar-refractivity contribution in [2.24, 2.45) is 5.92 Å². The lowest BCUT2D eigenvalue weighted by Crippen LogP contribution is -2.57. The van der Waals surface area contributed by atoms with Gasteiger partial charge in [-0.25, -0.2) is 0 Å². The fourth-order valence-corrected chi connectivity index (χ4v) is 3.72. The van der Waals surface area contributed by atoms with Crippen molar-refractivity contribution in [3.63, 3.8) is 0 Å². The van der Waals surface area contributed by atoms with Crippen molar-refractivity contribution >= 4 is 11.4 Å². The summed E-state index contributed by atoms with van der Waals surface area (Å²) in [6.45, 7) is 3.32. The van der Waals surface area contributed by atoms with Gasteiger partial charge in [-0.1, -0.05) is 0 Å². The second-order valence-corrected chi connectivity index (χ2v) is 6.26. The quantitative estimate of drug-likeness (QED) is 0.916. The molecule has 1 amide bonds. The molecule has 3 aliphatic rings. The molecule has 112 valence electrons. The van der Waals surface area contributed by atoms with Crippen molar-refractivity contribution in [3.8, 4) is 6.07 Å². The first-order valence-electron chi connectivity index (χ1n) is 7.79. The predicted octanol–water partition coefficient (Wildman–Crippen LogP) is 1.63.